The van der Waals surface area contributed by atoms with Gasteiger partial charge in [0, 0.05) is 30.5 Å². The molecule has 3 rings (SSSR count). The first-order valence-corrected chi connectivity index (χ1v) is 11.6. The molecule has 0 unspecified atom stereocenters. The first-order valence-electron chi connectivity index (χ1n) is 11.6. The molecule has 0 fully saturated rings. The summed E-state index contributed by atoms with van der Waals surface area (Å²) in [6.45, 7) is 3.19. The van der Waals surface area contributed by atoms with Crippen molar-refractivity contribution in [1.29, 1.82) is 0 Å². The number of hydrogen-bond acceptors (Lipinski definition) is 7. The Labute approximate surface area is 217 Å². The molecule has 1 heterocycles. The van der Waals surface area contributed by atoms with Gasteiger partial charge in [0.25, 0.3) is 5.97 Å². The van der Waals surface area contributed by atoms with Crippen molar-refractivity contribution >= 4 is 18.4 Å². The standard InChI is InChI=1S/C24H30N2O4.C2H4O2.Mn/c27-23-19-9-7-11-21(23)29-15-5-3-1-2-4-6-16-30-22-12-8-10-20(24(22)28)18-26-14-13-25-17-19;1-2(3)4;/h7-12,17-18,27-28H,1-6,13-16H2;1H3,(H,3,4);/q;;+2. The van der Waals surface area contributed by atoms with Crippen LogP contribution < -0.4 is 9.47 Å². The van der Waals surface area contributed by atoms with Gasteiger partial charge in [0.05, 0.1) is 26.3 Å². The average Bonchev–Trinajstić information content (AvgIpc) is 2.80. The van der Waals surface area contributed by atoms with Gasteiger partial charge in [-0.05, 0) is 37.1 Å². The average molecular weight is 526 g/mol. The Morgan fingerprint density at radius 3 is 1.51 bits per heavy atom. The summed E-state index contributed by atoms with van der Waals surface area (Å²) >= 11 is 0. The summed E-state index contributed by atoms with van der Waals surface area (Å²) in [5, 5.41) is 28.2. The fraction of sp³-hybridized carbons (Fsp3) is 0.423. The third-order valence-electron chi connectivity index (χ3n) is 4.93. The summed E-state index contributed by atoms with van der Waals surface area (Å²) in [7, 11) is 0. The summed E-state index contributed by atoms with van der Waals surface area (Å²) < 4.78 is 11.5. The first kappa shape index (κ1) is 30.0. The van der Waals surface area contributed by atoms with Gasteiger partial charge in [0.1, 0.15) is 0 Å². The number of aliphatic carboxylic acids is 1. The molecule has 0 saturated heterocycles. The summed E-state index contributed by atoms with van der Waals surface area (Å²) in [5.41, 5.74) is 1.25. The van der Waals surface area contributed by atoms with Crippen LogP contribution >= 0.6 is 0 Å². The Bertz CT molecular complexity index is 889. The maximum absolute atomic E-state index is 10.4. The Hall–Kier alpha value is -3.03. The second-order valence-corrected chi connectivity index (χ2v) is 7.80. The topological polar surface area (TPSA) is 121 Å². The third-order valence-corrected chi connectivity index (χ3v) is 4.93. The zero-order valence-corrected chi connectivity index (χ0v) is 21.2. The van der Waals surface area contributed by atoms with E-state index in [1.165, 1.54) is 0 Å². The number of benzene rings is 2. The van der Waals surface area contributed by atoms with Crippen LogP contribution in [0.1, 0.15) is 56.6 Å². The molecule has 9 heteroatoms. The summed E-state index contributed by atoms with van der Waals surface area (Å²) in [5.74, 6) is 0.389. The number of ether oxygens (including phenoxy) is 2. The van der Waals surface area contributed by atoms with E-state index in [1.807, 2.05) is 12.1 Å². The zero-order chi connectivity index (χ0) is 24.6. The molecule has 0 saturated carbocycles. The van der Waals surface area contributed by atoms with E-state index in [1.54, 1.807) is 36.7 Å². The van der Waals surface area contributed by atoms with Crippen molar-refractivity contribution < 1.29 is 46.7 Å². The van der Waals surface area contributed by atoms with Crippen LogP contribution in [-0.4, -0.2) is 60.0 Å². The third kappa shape index (κ3) is 11.8. The number of carbonyl (C=O) groups is 1. The van der Waals surface area contributed by atoms with Crippen LogP contribution in [0.4, 0.5) is 0 Å². The molecule has 4 bridgehead atoms. The number of aliphatic imine (C=N–C) groups is 2. The molecule has 0 amide bonds. The van der Waals surface area contributed by atoms with Crippen LogP contribution in [-0.2, 0) is 21.9 Å². The van der Waals surface area contributed by atoms with Crippen LogP contribution in [0.25, 0.3) is 0 Å². The van der Waals surface area contributed by atoms with E-state index in [9.17, 15) is 10.2 Å². The number of para-hydroxylation sites is 2. The van der Waals surface area contributed by atoms with Crippen LogP contribution in [0, 0.1) is 0 Å². The second kappa shape index (κ2) is 17.4. The van der Waals surface area contributed by atoms with Crippen LogP contribution in [0.3, 0.4) is 0 Å². The maximum atomic E-state index is 10.4. The molecule has 2 aromatic carbocycles. The van der Waals surface area contributed by atoms with Gasteiger partial charge in [0.2, 0.25) is 0 Å². The van der Waals surface area contributed by atoms with Crippen LogP contribution in [0.15, 0.2) is 46.4 Å². The fourth-order valence-corrected chi connectivity index (χ4v) is 3.24. The molecule has 1 aliphatic rings. The molecule has 0 aromatic heterocycles. The molecule has 0 aliphatic carbocycles. The van der Waals surface area contributed by atoms with Gasteiger partial charge in [-0.25, -0.2) is 0 Å². The Kier molecular flexibility index (Phi) is 14.9. The number of rotatable bonds is 0. The number of carboxylic acids is 1. The molecule has 8 nitrogen and oxygen atoms in total. The van der Waals surface area contributed by atoms with E-state index < -0.39 is 5.97 Å². The minimum Gasteiger partial charge on any atom is -0.504 e. The minimum atomic E-state index is -0.833. The molecule has 1 radical (unpaired) electrons. The van der Waals surface area contributed by atoms with E-state index in [0.717, 1.165) is 45.4 Å². The second-order valence-electron chi connectivity index (χ2n) is 7.80. The number of phenols is 2. The fourth-order valence-electron chi connectivity index (χ4n) is 3.24. The van der Waals surface area contributed by atoms with Crippen molar-refractivity contribution in [2.24, 2.45) is 9.98 Å². The molecule has 189 valence electrons. The number of carboxylic acid groups (broad SMARTS) is 1. The first-order chi connectivity index (χ1) is 16.5. The number of nitrogens with zero attached hydrogens (tertiary/aromatic N) is 2. The van der Waals surface area contributed by atoms with Crippen molar-refractivity contribution in [3.8, 4) is 23.0 Å². The van der Waals surface area contributed by atoms with Gasteiger partial charge < -0.3 is 24.8 Å². The molecule has 35 heavy (non-hydrogen) atoms. The van der Waals surface area contributed by atoms with E-state index >= 15 is 0 Å². The summed E-state index contributed by atoms with van der Waals surface area (Å²) in [6.07, 6.45) is 9.62. The molecule has 0 atom stereocenters. The Morgan fingerprint density at radius 2 is 1.11 bits per heavy atom. The largest absolute Gasteiger partial charge is 2.00 e. The normalized spacial score (nSPS) is 14.9. The maximum Gasteiger partial charge on any atom is 2.00 e. The minimum absolute atomic E-state index is 0. The van der Waals surface area contributed by atoms with Crippen molar-refractivity contribution in [3.05, 3.63) is 47.5 Å². The molecule has 2 aromatic rings. The van der Waals surface area contributed by atoms with Crippen LogP contribution in [0.5, 0.6) is 23.0 Å². The number of aromatic hydroxyl groups is 2. The summed E-state index contributed by atoms with van der Waals surface area (Å²) in [6, 6.07) is 10.9. The molecular weight excluding hydrogens is 491 g/mol. The zero-order valence-electron chi connectivity index (χ0n) is 20.0. The molecule has 3 N–H and O–H groups in total. The van der Waals surface area contributed by atoms with Gasteiger partial charge in [-0.1, -0.05) is 37.8 Å². The van der Waals surface area contributed by atoms with Gasteiger partial charge in [-0.3, -0.25) is 14.8 Å². The van der Waals surface area contributed by atoms with E-state index in [2.05, 4.69) is 9.98 Å². The van der Waals surface area contributed by atoms with Crippen molar-refractivity contribution in [2.45, 2.75) is 45.4 Å². The number of hydrogen-bond donors (Lipinski definition) is 3. The Morgan fingerprint density at radius 1 is 0.743 bits per heavy atom. The van der Waals surface area contributed by atoms with E-state index in [-0.39, 0.29) is 28.6 Å². The number of phenolic OH excluding ortho intramolecular Hbond substituents is 2. The van der Waals surface area contributed by atoms with Gasteiger partial charge in [0.15, 0.2) is 23.0 Å². The van der Waals surface area contributed by atoms with Gasteiger partial charge in [-0.2, -0.15) is 0 Å². The molecular formula is C26H34MnN2O6+2. The monoisotopic (exact) mass is 525 g/mol. The van der Waals surface area contributed by atoms with Gasteiger partial charge in [-0.15, -0.1) is 0 Å². The van der Waals surface area contributed by atoms with Crippen LogP contribution in [0.2, 0.25) is 0 Å². The van der Waals surface area contributed by atoms with Crippen molar-refractivity contribution in [1.82, 2.24) is 0 Å². The predicted molar refractivity (Wildman–Crippen MR) is 133 cm³/mol. The smallest absolute Gasteiger partial charge is 0.504 e. The van der Waals surface area contributed by atoms with E-state index in [4.69, 9.17) is 19.4 Å². The Balaban J connectivity index is 0.00000114. The van der Waals surface area contributed by atoms with Crippen molar-refractivity contribution in [2.75, 3.05) is 26.3 Å². The summed E-state index contributed by atoms with van der Waals surface area (Å²) in [4.78, 5) is 17.7. The SMILES string of the molecule is CC(=O)O.Oc1c2cccc1OCCCCCCCCOc1cccc(c1O)C=NCCN=C2.[Mn+2]. The number of fused-ring (bicyclic) bond motifs is 4. The van der Waals surface area contributed by atoms with Gasteiger partial charge >= 0.3 is 17.1 Å². The van der Waals surface area contributed by atoms with E-state index in [0.29, 0.717) is 48.9 Å². The predicted octanol–water partition coefficient (Wildman–Crippen LogP) is 4.84. The molecule has 1 aliphatic heterocycles. The molecule has 0 spiro atoms. The quantitative estimate of drug-likeness (QED) is 0.424. The van der Waals surface area contributed by atoms with Crippen molar-refractivity contribution in [3.63, 3.8) is 0 Å².